The number of H-pyrrole nitrogens is 1. The summed E-state index contributed by atoms with van der Waals surface area (Å²) in [5.41, 5.74) is 3.19. The number of hydrogen-bond acceptors (Lipinski definition) is 2. The molecule has 2 rings (SSSR count). The summed E-state index contributed by atoms with van der Waals surface area (Å²) >= 11 is 0. The number of nitrogens with one attached hydrogen (secondary N) is 3. The first-order chi connectivity index (χ1) is 8.79. The summed E-state index contributed by atoms with van der Waals surface area (Å²) in [6.45, 7) is 0.744. The van der Waals surface area contributed by atoms with Crippen molar-refractivity contribution in [2.45, 2.75) is 13.0 Å². The van der Waals surface area contributed by atoms with Crippen molar-refractivity contribution in [2.24, 2.45) is 0 Å². The molecule has 0 fully saturated rings. The van der Waals surface area contributed by atoms with Crippen LogP contribution in [0.3, 0.4) is 0 Å². The predicted octanol–water partition coefficient (Wildman–Crippen LogP) is 1.92. The van der Waals surface area contributed by atoms with Crippen molar-refractivity contribution in [1.82, 2.24) is 10.3 Å². The van der Waals surface area contributed by atoms with Gasteiger partial charge < -0.3 is 15.6 Å². The van der Waals surface area contributed by atoms with Gasteiger partial charge in [0.1, 0.15) is 0 Å². The summed E-state index contributed by atoms with van der Waals surface area (Å²) in [7, 11) is 1.65. The van der Waals surface area contributed by atoms with Crippen LogP contribution in [-0.2, 0) is 17.8 Å². The fraction of sp³-hybridized carbons (Fsp3) is 0.214. The molecule has 94 valence electrons. The molecule has 3 N–H and O–H groups in total. The SMILES string of the molecule is CNC(=O)Cc1ccccc1NCc1cc[nH]c1. The van der Waals surface area contributed by atoms with Crippen LogP contribution in [0, 0.1) is 0 Å². The van der Waals surface area contributed by atoms with E-state index in [1.807, 2.05) is 42.7 Å². The first-order valence-electron chi connectivity index (χ1n) is 5.93. The highest BCUT2D eigenvalue weighted by molar-refractivity contribution is 5.80. The minimum absolute atomic E-state index is 0.0193. The highest BCUT2D eigenvalue weighted by Gasteiger charge is 2.05. The number of rotatable bonds is 5. The molecule has 1 heterocycles. The maximum Gasteiger partial charge on any atom is 0.224 e. The van der Waals surface area contributed by atoms with Crippen molar-refractivity contribution >= 4 is 11.6 Å². The standard InChI is InChI=1S/C14H17N3O/c1-15-14(18)8-12-4-2-3-5-13(12)17-10-11-6-7-16-9-11/h2-7,9,16-17H,8,10H2,1H3,(H,15,18). The van der Waals surface area contributed by atoms with E-state index >= 15 is 0 Å². The minimum atomic E-state index is 0.0193. The normalized spacial score (nSPS) is 10.1. The summed E-state index contributed by atoms with van der Waals surface area (Å²) in [6.07, 6.45) is 4.24. The molecule has 0 saturated heterocycles. The van der Waals surface area contributed by atoms with Crippen LogP contribution in [-0.4, -0.2) is 17.9 Å². The molecule has 0 unspecified atom stereocenters. The Morgan fingerprint density at radius 1 is 1.28 bits per heavy atom. The molecule has 0 spiro atoms. The quantitative estimate of drug-likeness (QED) is 0.751. The predicted molar refractivity (Wildman–Crippen MR) is 72.3 cm³/mol. The van der Waals surface area contributed by atoms with Crippen molar-refractivity contribution in [3.63, 3.8) is 0 Å². The number of likely N-dealkylation sites (N-methyl/N-ethyl adjacent to an activating group) is 1. The molecule has 0 radical (unpaired) electrons. The minimum Gasteiger partial charge on any atom is -0.381 e. The molecule has 4 nitrogen and oxygen atoms in total. The van der Waals surface area contributed by atoms with E-state index < -0.39 is 0 Å². The third-order valence-electron chi connectivity index (χ3n) is 2.79. The molecule has 0 atom stereocenters. The van der Waals surface area contributed by atoms with Crippen molar-refractivity contribution < 1.29 is 4.79 Å². The number of carbonyl (C=O) groups excluding carboxylic acids is 1. The van der Waals surface area contributed by atoms with E-state index in [0.29, 0.717) is 6.42 Å². The fourth-order valence-corrected chi connectivity index (χ4v) is 1.77. The monoisotopic (exact) mass is 243 g/mol. The Morgan fingerprint density at radius 2 is 2.11 bits per heavy atom. The van der Waals surface area contributed by atoms with Gasteiger partial charge >= 0.3 is 0 Å². The Morgan fingerprint density at radius 3 is 2.83 bits per heavy atom. The smallest absolute Gasteiger partial charge is 0.224 e. The summed E-state index contributed by atoms with van der Waals surface area (Å²) in [6, 6.07) is 9.89. The third-order valence-corrected chi connectivity index (χ3v) is 2.79. The number of anilines is 1. The maximum atomic E-state index is 11.4. The first-order valence-corrected chi connectivity index (χ1v) is 5.93. The Hall–Kier alpha value is -2.23. The van der Waals surface area contributed by atoms with Crippen LogP contribution >= 0.6 is 0 Å². The van der Waals surface area contributed by atoms with Crippen LogP contribution in [0.15, 0.2) is 42.7 Å². The summed E-state index contributed by atoms with van der Waals surface area (Å²) in [5, 5.41) is 5.98. The second kappa shape index (κ2) is 5.91. The summed E-state index contributed by atoms with van der Waals surface area (Å²) in [4.78, 5) is 14.4. The van der Waals surface area contributed by atoms with Crippen LogP contribution in [0.25, 0.3) is 0 Å². The Bertz CT molecular complexity index is 506. The van der Waals surface area contributed by atoms with Gasteiger partial charge in [0.2, 0.25) is 5.91 Å². The maximum absolute atomic E-state index is 11.4. The van der Waals surface area contributed by atoms with Crippen molar-refractivity contribution in [1.29, 1.82) is 0 Å². The number of hydrogen-bond donors (Lipinski definition) is 3. The molecular weight excluding hydrogens is 226 g/mol. The lowest BCUT2D eigenvalue weighted by Gasteiger charge is -2.10. The number of carbonyl (C=O) groups is 1. The van der Waals surface area contributed by atoms with Gasteiger partial charge in [-0.05, 0) is 23.3 Å². The van der Waals surface area contributed by atoms with E-state index in [2.05, 4.69) is 15.6 Å². The van der Waals surface area contributed by atoms with Gasteiger partial charge in [-0.25, -0.2) is 0 Å². The molecule has 0 bridgehead atoms. The van der Waals surface area contributed by atoms with Crippen LogP contribution in [0.2, 0.25) is 0 Å². The van der Waals surface area contributed by atoms with Crippen molar-refractivity contribution in [3.8, 4) is 0 Å². The Labute approximate surface area is 106 Å². The van der Waals surface area contributed by atoms with Gasteiger partial charge in [0, 0.05) is 31.7 Å². The Kier molecular flexibility index (Phi) is 4.02. The average Bonchev–Trinajstić information content (AvgIpc) is 2.91. The van der Waals surface area contributed by atoms with E-state index in [0.717, 1.165) is 17.8 Å². The van der Waals surface area contributed by atoms with Crippen LogP contribution in [0.4, 0.5) is 5.69 Å². The molecule has 2 aromatic rings. The number of aromatic nitrogens is 1. The number of amides is 1. The molecule has 18 heavy (non-hydrogen) atoms. The molecular formula is C14H17N3O. The van der Waals surface area contributed by atoms with E-state index in [1.54, 1.807) is 7.05 Å². The van der Waals surface area contributed by atoms with Crippen molar-refractivity contribution in [3.05, 3.63) is 53.9 Å². The van der Waals surface area contributed by atoms with E-state index in [-0.39, 0.29) is 5.91 Å². The molecule has 0 aliphatic heterocycles. The fourth-order valence-electron chi connectivity index (χ4n) is 1.77. The van der Waals surface area contributed by atoms with Crippen LogP contribution < -0.4 is 10.6 Å². The van der Waals surface area contributed by atoms with Crippen molar-refractivity contribution in [2.75, 3.05) is 12.4 Å². The Balaban J connectivity index is 2.05. The highest BCUT2D eigenvalue weighted by Crippen LogP contribution is 2.16. The second-order valence-corrected chi connectivity index (χ2v) is 4.08. The molecule has 4 heteroatoms. The number of para-hydroxylation sites is 1. The summed E-state index contributed by atoms with van der Waals surface area (Å²) in [5.74, 6) is 0.0193. The zero-order valence-electron chi connectivity index (χ0n) is 10.4. The first kappa shape index (κ1) is 12.2. The van der Waals surface area contributed by atoms with Gasteiger partial charge in [-0.3, -0.25) is 4.79 Å². The molecule has 1 aromatic carbocycles. The van der Waals surface area contributed by atoms with Gasteiger partial charge in [-0.2, -0.15) is 0 Å². The molecule has 0 aliphatic carbocycles. The van der Waals surface area contributed by atoms with E-state index in [4.69, 9.17) is 0 Å². The van der Waals surface area contributed by atoms with Gasteiger partial charge in [-0.15, -0.1) is 0 Å². The lowest BCUT2D eigenvalue weighted by atomic mass is 10.1. The lowest BCUT2D eigenvalue weighted by molar-refractivity contribution is -0.119. The lowest BCUT2D eigenvalue weighted by Crippen LogP contribution is -2.20. The zero-order chi connectivity index (χ0) is 12.8. The molecule has 1 aromatic heterocycles. The average molecular weight is 243 g/mol. The van der Waals surface area contributed by atoms with Crippen LogP contribution in [0.5, 0.6) is 0 Å². The zero-order valence-corrected chi connectivity index (χ0v) is 10.4. The van der Waals surface area contributed by atoms with E-state index in [1.165, 1.54) is 5.56 Å². The molecule has 1 amide bonds. The van der Waals surface area contributed by atoms with Gasteiger partial charge in [0.25, 0.3) is 0 Å². The second-order valence-electron chi connectivity index (χ2n) is 4.08. The summed E-state index contributed by atoms with van der Waals surface area (Å²) < 4.78 is 0. The van der Waals surface area contributed by atoms with Gasteiger partial charge in [0.15, 0.2) is 0 Å². The van der Waals surface area contributed by atoms with Gasteiger partial charge in [0.05, 0.1) is 6.42 Å². The van der Waals surface area contributed by atoms with Crippen LogP contribution in [0.1, 0.15) is 11.1 Å². The van der Waals surface area contributed by atoms with Gasteiger partial charge in [-0.1, -0.05) is 18.2 Å². The van der Waals surface area contributed by atoms with E-state index in [9.17, 15) is 4.79 Å². The molecule has 0 saturated carbocycles. The molecule has 0 aliphatic rings. The number of benzene rings is 1. The largest absolute Gasteiger partial charge is 0.381 e. The number of aromatic amines is 1. The highest BCUT2D eigenvalue weighted by atomic mass is 16.1. The topological polar surface area (TPSA) is 56.9 Å². The third kappa shape index (κ3) is 3.13.